The second kappa shape index (κ2) is 6.04. The van der Waals surface area contributed by atoms with Crippen LogP contribution in [-0.2, 0) is 6.42 Å². The van der Waals surface area contributed by atoms with Crippen LogP contribution in [0.3, 0.4) is 0 Å². The molecule has 3 rings (SSSR count). The van der Waals surface area contributed by atoms with E-state index >= 15 is 0 Å². The molecule has 20 heavy (non-hydrogen) atoms. The summed E-state index contributed by atoms with van der Waals surface area (Å²) in [6.45, 7) is 3.77. The van der Waals surface area contributed by atoms with Crippen LogP contribution in [0, 0.1) is 5.82 Å². The number of hydrogen-bond acceptors (Lipinski definition) is 4. The van der Waals surface area contributed by atoms with Gasteiger partial charge in [-0.25, -0.2) is 14.4 Å². The highest BCUT2D eigenvalue weighted by Crippen LogP contribution is 2.27. The van der Waals surface area contributed by atoms with Gasteiger partial charge in [-0.2, -0.15) is 0 Å². The van der Waals surface area contributed by atoms with Gasteiger partial charge in [-0.1, -0.05) is 6.92 Å². The van der Waals surface area contributed by atoms with E-state index in [9.17, 15) is 4.39 Å². The van der Waals surface area contributed by atoms with Crippen LogP contribution < -0.4 is 10.2 Å². The lowest BCUT2D eigenvalue weighted by Crippen LogP contribution is -2.47. The summed E-state index contributed by atoms with van der Waals surface area (Å²) in [6.07, 6.45) is 8.14. The van der Waals surface area contributed by atoms with E-state index in [0.29, 0.717) is 30.0 Å². The van der Waals surface area contributed by atoms with Gasteiger partial charge in [0, 0.05) is 25.2 Å². The molecule has 2 aliphatic rings. The van der Waals surface area contributed by atoms with E-state index in [1.54, 1.807) is 0 Å². The number of piperidine rings is 1. The Morgan fingerprint density at radius 3 is 2.90 bits per heavy atom. The summed E-state index contributed by atoms with van der Waals surface area (Å²) in [5.74, 6) is 0.271. The van der Waals surface area contributed by atoms with Crippen molar-refractivity contribution in [2.24, 2.45) is 0 Å². The number of anilines is 1. The Labute approximate surface area is 119 Å². The van der Waals surface area contributed by atoms with Crippen LogP contribution in [0.25, 0.3) is 0 Å². The molecule has 1 saturated heterocycles. The first-order valence-corrected chi connectivity index (χ1v) is 7.79. The van der Waals surface area contributed by atoms with E-state index in [1.165, 1.54) is 25.6 Å². The van der Waals surface area contributed by atoms with Crippen molar-refractivity contribution in [1.82, 2.24) is 15.3 Å². The molecule has 1 aliphatic heterocycles. The lowest BCUT2D eigenvalue weighted by atomic mass is 10.0. The summed E-state index contributed by atoms with van der Waals surface area (Å²) >= 11 is 0. The number of hydrogen-bond donors (Lipinski definition) is 1. The third kappa shape index (κ3) is 2.92. The maximum atomic E-state index is 14.5. The zero-order valence-corrected chi connectivity index (χ0v) is 12.1. The van der Waals surface area contributed by atoms with E-state index in [2.05, 4.69) is 20.2 Å². The molecule has 4 nitrogen and oxygen atoms in total. The lowest BCUT2D eigenvalue weighted by molar-refractivity contribution is 0.424. The van der Waals surface area contributed by atoms with E-state index in [1.807, 2.05) is 6.92 Å². The molecule has 1 aromatic rings. The van der Waals surface area contributed by atoms with Crippen LogP contribution in [-0.4, -0.2) is 35.1 Å². The molecule has 5 heteroatoms. The lowest BCUT2D eigenvalue weighted by Gasteiger charge is -2.37. The third-order valence-corrected chi connectivity index (χ3v) is 4.30. The molecule has 1 aliphatic carbocycles. The second-order valence-electron chi connectivity index (χ2n) is 5.84. The first-order chi connectivity index (χ1) is 9.79. The molecule has 1 atom stereocenters. The minimum Gasteiger partial charge on any atom is -0.350 e. The van der Waals surface area contributed by atoms with Gasteiger partial charge in [0.25, 0.3) is 0 Å². The van der Waals surface area contributed by atoms with E-state index in [0.717, 1.165) is 25.9 Å². The molecule has 1 saturated carbocycles. The van der Waals surface area contributed by atoms with Crippen molar-refractivity contribution >= 4 is 5.82 Å². The minimum absolute atomic E-state index is 0.228. The van der Waals surface area contributed by atoms with Gasteiger partial charge in [0.2, 0.25) is 0 Å². The van der Waals surface area contributed by atoms with E-state index < -0.39 is 0 Å². The number of nitrogens with one attached hydrogen (secondary N) is 1. The number of aromatic nitrogens is 2. The zero-order chi connectivity index (χ0) is 13.9. The average molecular weight is 278 g/mol. The predicted octanol–water partition coefficient (Wildman–Crippen LogP) is 2.29. The largest absolute Gasteiger partial charge is 0.350 e. The Bertz CT molecular complexity index is 461. The highest BCUT2D eigenvalue weighted by Gasteiger charge is 2.29. The highest BCUT2D eigenvalue weighted by molar-refractivity contribution is 5.43. The maximum Gasteiger partial charge on any atom is 0.187 e. The van der Waals surface area contributed by atoms with Crippen molar-refractivity contribution in [3.8, 4) is 0 Å². The summed E-state index contributed by atoms with van der Waals surface area (Å²) in [5.41, 5.74) is 0.523. The molecule has 0 spiro atoms. The molecule has 1 N–H and O–H groups in total. The van der Waals surface area contributed by atoms with Crippen LogP contribution in [0.15, 0.2) is 6.33 Å². The Hall–Kier alpha value is -1.23. The first kappa shape index (κ1) is 13.7. The standard InChI is InChI=1S/C15H23FN4/c1-2-13-14(16)15(19-10-18-13)20-8-4-3-5-12(20)9-17-11-6-7-11/h10-12,17H,2-9H2,1H3. The summed E-state index contributed by atoms with van der Waals surface area (Å²) < 4.78 is 14.5. The molecule has 0 amide bonds. The van der Waals surface area contributed by atoms with Gasteiger partial charge in [-0.15, -0.1) is 0 Å². The van der Waals surface area contributed by atoms with E-state index in [4.69, 9.17) is 0 Å². The van der Waals surface area contributed by atoms with Crippen molar-refractivity contribution in [2.45, 2.75) is 57.5 Å². The number of rotatable bonds is 5. The smallest absolute Gasteiger partial charge is 0.187 e. The quantitative estimate of drug-likeness (QED) is 0.897. The molecule has 110 valence electrons. The van der Waals surface area contributed by atoms with Gasteiger partial charge in [-0.3, -0.25) is 0 Å². The molecular weight excluding hydrogens is 255 g/mol. The number of nitrogens with zero attached hydrogens (tertiary/aromatic N) is 3. The molecule has 0 bridgehead atoms. The van der Waals surface area contributed by atoms with Gasteiger partial charge in [0.05, 0.1) is 5.69 Å². The topological polar surface area (TPSA) is 41.1 Å². The monoisotopic (exact) mass is 278 g/mol. The van der Waals surface area contributed by atoms with Gasteiger partial charge in [0.1, 0.15) is 6.33 Å². The third-order valence-electron chi connectivity index (χ3n) is 4.30. The normalized spacial score (nSPS) is 23.1. The molecule has 2 heterocycles. The number of aryl methyl sites for hydroxylation is 1. The van der Waals surface area contributed by atoms with Gasteiger partial charge < -0.3 is 10.2 Å². The van der Waals surface area contributed by atoms with Gasteiger partial charge in [-0.05, 0) is 38.5 Å². The summed E-state index contributed by atoms with van der Waals surface area (Å²) in [7, 11) is 0. The molecule has 1 unspecified atom stereocenters. The fourth-order valence-electron chi connectivity index (χ4n) is 2.92. The Morgan fingerprint density at radius 1 is 1.30 bits per heavy atom. The summed E-state index contributed by atoms with van der Waals surface area (Å²) in [5, 5.41) is 3.57. The average Bonchev–Trinajstić information content (AvgIpc) is 3.30. The van der Waals surface area contributed by atoms with Crippen molar-refractivity contribution in [2.75, 3.05) is 18.0 Å². The van der Waals surface area contributed by atoms with Crippen molar-refractivity contribution in [3.05, 3.63) is 17.8 Å². The molecular formula is C15H23FN4. The maximum absolute atomic E-state index is 14.5. The van der Waals surface area contributed by atoms with E-state index in [-0.39, 0.29) is 5.82 Å². The molecule has 1 aromatic heterocycles. The van der Waals surface area contributed by atoms with Gasteiger partial charge in [0.15, 0.2) is 11.6 Å². The highest BCUT2D eigenvalue weighted by atomic mass is 19.1. The number of halogens is 1. The fourth-order valence-corrected chi connectivity index (χ4v) is 2.92. The molecule has 0 radical (unpaired) electrons. The summed E-state index contributed by atoms with van der Waals surface area (Å²) in [4.78, 5) is 10.4. The Morgan fingerprint density at radius 2 is 2.15 bits per heavy atom. The van der Waals surface area contributed by atoms with Crippen LogP contribution >= 0.6 is 0 Å². The second-order valence-corrected chi connectivity index (χ2v) is 5.84. The molecule has 2 fully saturated rings. The minimum atomic E-state index is -0.228. The van der Waals surface area contributed by atoms with Crippen molar-refractivity contribution in [3.63, 3.8) is 0 Å². The predicted molar refractivity (Wildman–Crippen MR) is 77.4 cm³/mol. The fraction of sp³-hybridized carbons (Fsp3) is 0.733. The first-order valence-electron chi connectivity index (χ1n) is 7.79. The van der Waals surface area contributed by atoms with Gasteiger partial charge >= 0.3 is 0 Å². The van der Waals surface area contributed by atoms with Crippen LogP contribution in [0.4, 0.5) is 10.2 Å². The SMILES string of the molecule is CCc1ncnc(N2CCCCC2CNC2CC2)c1F. The van der Waals surface area contributed by atoms with Crippen molar-refractivity contribution in [1.29, 1.82) is 0 Å². The van der Waals surface area contributed by atoms with Crippen LogP contribution in [0.1, 0.15) is 44.7 Å². The van der Waals surface area contributed by atoms with Crippen molar-refractivity contribution < 1.29 is 4.39 Å². The Kier molecular flexibility index (Phi) is 4.15. The zero-order valence-electron chi connectivity index (χ0n) is 12.1. The molecule has 0 aromatic carbocycles. The Balaban J connectivity index is 1.77. The summed E-state index contributed by atoms with van der Waals surface area (Å²) in [6, 6.07) is 1.05. The van der Waals surface area contributed by atoms with Crippen LogP contribution in [0.2, 0.25) is 0 Å². The van der Waals surface area contributed by atoms with Crippen LogP contribution in [0.5, 0.6) is 0 Å².